The van der Waals surface area contributed by atoms with E-state index in [0.29, 0.717) is 6.42 Å². The molecule has 0 aliphatic carbocycles. The third-order valence-corrected chi connectivity index (χ3v) is 1.86. The van der Waals surface area contributed by atoms with Crippen LogP contribution in [0.4, 0.5) is 0 Å². The summed E-state index contributed by atoms with van der Waals surface area (Å²) in [6, 6.07) is 0. The Balaban J connectivity index is 3.32. The summed E-state index contributed by atoms with van der Waals surface area (Å²) in [6.45, 7) is 2.08. The normalized spacial score (nSPS) is 9.57. The minimum absolute atomic E-state index is 0.0386. The SMILES string of the molecule is CCCCCCC(=O)NCC(=O)NN. The fourth-order valence-corrected chi connectivity index (χ4v) is 1.03. The van der Waals surface area contributed by atoms with E-state index in [9.17, 15) is 9.59 Å². The Hall–Kier alpha value is -1.10. The van der Waals surface area contributed by atoms with Crippen LogP contribution in [-0.4, -0.2) is 18.4 Å². The zero-order valence-electron chi connectivity index (χ0n) is 8.64. The van der Waals surface area contributed by atoms with Crippen molar-refractivity contribution in [3.63, 3.8) is 0 Å². The maximum Gasteiger partial charge on any atom is 0.253 e. The van der Waals surface area contributed by atoms with Crippen molar-refractivity contribution in [1.29, 1.82) is 0 Å². The van der Waals surface area contributed by atoms with Gasteiger partial charge in [-0.05, 0) is 6.42 Å². The molecule has 5 nitrogen and oxygen atoms in total. The highest BCUT2D eigenvalue weighted by Crippen LogP contribution is 2.01. The highest BCUT2D eigenvalue weighted by Gasteiger charge is 2.03. The molecule has 0 aliphatic rings. The number of rotatable bonds is 7. The molecule has 2 amide bonds. The first kappa shape index (κ1) is 12.9. The molecule has 0 aromatic rings. The van der Waals surface area contributed by atoms with E-state index in [2.05, 4.69) is 12.2 Å². The van der Waals surface area contributed by atoms with Crippen LogP contribution >= 0.6 is 0 Å². The molecule has 0 bridgehead atoms. The molecule has 0 aromatic carbocycles. The van der Waals surface area contributed by atoms with E-state index in [1.807, 2.05) is 5.43 Å². The molecular weight excluding hydrogens is 182 g/mol. The molecule has 0 saturated carbocycles. The fraction of sp³-hybridized carbons (Fsp3) is 0.778. The average Bonchev–Trinajstić information content (AvgIpc) is 2.21. The van der Waals surface area contributed by atoms with Crippen LogP contribution in [0.25, 0.3) is 0 Å². The van der Waals surface area contributed by atoms with Crippen LogP contribution in [0.15, 0.2) is 0 Å². The number of nitrogens with two attached hydrogens (primary N) is 1. The van der Waals surface area contributed by atoms with Gasteiger partial charge in [0, 0.05) is 6.42 Å². The monoisotopic (exact) mass is 201 g/mol. The molecule has 82 valence electrons. The van der Waals surface area contributed by atoms with Crippen LogP contribution in [-0.2, 0) is 9.59 Å². The summed E-state index contributed by atoms with van der Waals surface area (Å²) in [4.78, 5) is 21.7. The van der Waals surface area contributed by atoms with E-state index < -0.39 is 0 Å². The number of carbonyl (C=O) groups is 2. The second-order valence-corrected chi connectivity index (χ2v) is 3.15. The summed E-state index contributed by atoms with van der Waals surface area (Å²) in [5, 5.41) is 2.48. The van der Waals surface area contributed by atoms with E-state index in [4.69, 9.17) is 5.84 Å². The molecule has 0 aromatic heterocycles. The van der Waals surface area contributed by atoms with Crippen molar-refractivity contribution in [2.45, 2.75) is 39.0 Å². The van der Waals surface area contributed by atoms with Gasteiger partial charge in [0.25, 0.3) is 5.91 Å². The maximum atomic E-state index is 11.1. The molecule has 0 aliphatic heterocycles. The Labute approximate surface area is 84.4 Å². The van der Waals surface area contributed by atoms with Gasteiger partial charge in [0.1, 0.15) is 0 Å². The summed E-state index contributed by atoms with van der Waals surface area (Å²) < 4.78 is 0. The molecule has 0 rings (SSSR count). The zero-order valence-corrected chi connectivity index (χ0v) is 8.64. The first-order chi connectivity index (χ1) is 6.70. The third kappa shape index (κ3) is 7.54. The van der Waals surface area contributed by atoms with Crippen molar-refractivity contribution < 1.29 is 9.59 Å². The van der Waals surface area contributed by atoms with E-state index in [1.54, 1.807) is 0 Å². The summed E-state index contributed by atoms with van der Waals surface area (Å²) in [5.74, 6) is 4.37. The lowest BCUT2D eigenvalue weighted by Gasteiger charge is -2.03. The molecule has 0 heterocycles. The average molecular weight is 201 g/mol. The smallest absolute Gasteiger partial charge is 0.253 e. The molecule has 4 N–H and O–H groups in total. The van der Waals surface area contributed by atoms with E-state index >= 15 is 0 Å². The van der Waals surface area contributed by atoms with Gasteiger partial charge in [-0.3, -0.25) is 15.0 Å². The summed E-state index contributed by atoms with van der Waals surface area (Å²) >= 11 is 0. The van der Waals surface area contributed by atoms with Crippen LogP contribution in [0, 0.1) is 0 Å². The van der Waals surface area contributed by atoms with Crippen LogP contribution in [0.3, 0.4) is 0 Å². The predicted molar refractivity (Wildman–Crippen MR) is 54.1 cm³/mol. The largest absolute Gasteiger partial charge is 0.347 e. The van der Waals surface area contributed by atoms with Crippen molar-refractivity contribution in [1.82, 2.24) is 10.7 Å². The van der Waals surface area contributed by atoms with Gasteiger partial charge in [-0.1, -0.05) is 26.2 Å². The first-order valence-corrected chi connectivity index (χ1v) is 4.96. The summed E-state index contributed by atoms with van der Waals surface area (Å²) in [6.07, 6.45) is 4.72. The lowest BCUT2D eigenvalue weighted by molar-refractivity contribution is -0.126. The molecule has 0 radical (unpaired) electrons. The third-order valence-electron chi connectivity index (χ3n) is 1.86. The molecule has 5 heteroatoms. The van der Waals surface area contributed by atoms with Crippen LogP contribution < -0.4 is 16.6 Å². The summed E-state index contributed by atoms with van der Waals surface area (Å²) in [5.41, 5.74) is 1.94. The number of unbranched alkanes of at least 4 members (excludes halogenated alkanes) is 3. The summed E-state index contributed by atoms with van der Waals surface area (Å²) in [7, 11) is 0. The number of hydrogen-bond acceptors (Lipinski definition) is 3. The minimum Gasteiger partial charge on any atom is -0.347 e. The number of amides is 2. The molecule has 0 spiro atoms. The molecule has 0 unspecified atom stereocenters. The van der Waals surface area contributed by atoms with Gasteiger partial charge in [0.2, 0.25) is 5.91 Å². The Bertz CT molecular complexity index is 183. The Kier molecular flexibility index (Phi) is 7.83. The molecule has 0 saturated heterocycles. The van der Waals surface area contributed by atoms with Gasteiger partial charge in [-0.25, -0.2) is 5.84 Å². The molecule has 14 heavy (non-hydrogen) atoms. The molecule has 0 atom stereocenters. The van der Waals surface area contributed by atoms with Gasteiger partial charge in [0.15, 0.2) is 0 Å². The van der Waals surface area contributed by atoms with Crippen molar-refractivity contribution in [2.24, 2.45) is 5.84 Å². The van der Waals surface area contributed by atoms with Crippen molar-refractivity contribution in [2.75, 3.05) is 6.54 Å². The Morgan fingerprint density at radius 1 is 1.14 bits per heavy atom. The molecular formula is C9H19N3O2. The number of nitrogens with one attached hydrogen (secondary N) is 2. The van der Waals surface area contributed by atoms with Gasteiger partial charge >= 0.3 is 0 Å². The number of hydrogen-bond donors (Lipinski definition) is 3. The lowest BCUT2D eigenvalue weighted by atomic mass is 10.1. The van der Waals surface area contributed by atoms with Crippen LogP contribution in [0.2, 0.25) is 0 Å². The van der Waals surface area contributed by atoms with Crippen molar-refractivity contribution in [3.8, 4) is 0 Å². The van der Waals surface area contributed by atoms with E-state index in [-0.39, 0.29) is 18.4 Å². The van der Waals surface area contributed by atoms with Crippen LogP contribution in [0.5, 0.6) is 0 Å². The van der Waals surface area contributed by atoms with Gasteiger partial charge < -0.3 is 5.32 Å². The zero-order chi connectivity index (χ0) is 10.8. The topological polar surface area (TPSA) is 84.2 Å². The highest BCUT2D eigenvalue weighted by molar-refractivity contribution is 5.84. The lowest BCUT2D eigenvalue weighted by Crippen LogP contribution is -2.40. The second-order valence-electron chi connectivity index (χ2n) is 3.15. The predicted octanol–water partition coefficient (Wildman–Crippen LogP) is 0.0629. The second kappa shape index (κ2) is 8.50. The van der Waals surface area contributed by atoms with Gasteiger partial charge in [0.05, 0.1) is 6.54 Å². The quantitative estimate of drug-likeness (QED) is 0.236. The van der Waals surface area contributed by atoms with Crippen molar-refractivity contribution in [3.05, 3.63) is 0 Å². The van der Waals surface area contributed by atoms with E-state index in [0.717, 1.165) is 25.7 Å². The van der Waals surface area contributed by atoms with Crippen LogP contribution in [0.1, 0.15) is 39.0 Å². The fourth-order valence-electron chi connectivity index (χ4n) is 1.03. The first-order valence-electron chi connectivity index (χ1n) is 4.96. The highest BCUT2D eigenvalue weighted by atomic mass is 16.2. The number of hydrazine groups is 1. The van der Waals surface area contributed by atoms with Gasteiger partial charge in [-0.15, -0.1) is 0 Å². The van der Waals surface area contributed by atoms with Crippen molar-refractivity contribution >= 4 is 11.8 Å². The molecule has 0 fully saturated rings. The number of carbonyl (C=O) groups excluding carboxylic acids is 2. The maximum absolute atomic E-state index is 11.1. The minimum atomic E-state index is -0.382. The Morgan fingerprint density at radius 2 is 1.86 bits per heavy atom. The Morgan fingerprint density at radius 3 is 2.43 bits per heavy atom. The van der Waals surface area contributed by atoms with Gasteiger partial charge in [-0.2, -0.15) is 0 Å². The standard InChI is InChI=1S/C9H19N3O2/c1-2-3-4-5-6-8(13)11-7-9(14)12-10/h2-7,10H2,1H3,(H,11,13)(H,12,14). The van der Waals surface area contributed by atoms with E-state index in [1.165, 1.54) is 0 Å².